The number of amides is 1. The van der Waals surface area contributed by atoms with Gasteiger partial charge in [0.2, 0.25) is 5.89 Å². The summed E-state index contributed by atoms with van der Waals surface area (Å²) < 4.78 is 8.02. The molecule has 0 unspecified atom stereocenters. The molecule has 27 heavy (non-hydrogen) atoms. The molecule has 1 amide bonds. The average Bonchev–Trinajstić information content (AvgIpc) is 3.26. The highest BCUT2D eigenvalue weighted by Gasteiger charge is 2.28. The number of oxazole rings is 1. The van der Waals surface area contributed by atoms with Crippen molar-refractivity contribution in [1.82, 2.24) is 24.8 Å². The SMILES string of the molecule is O=C(c1cn2c(n1)CCNCC2)N1CCc2oc(-c3ccccc3)nc2C1. The lowest BCUT2D eigenvalue weighted by Crippen LogP contribution is -2.36. The zero-order valence-electron chi connectivity index (χ0n) is 15.0. The molecule has 7 nitrogen and oxygen atoms in total. The first-order valence-electron chi connectivity index (χ1n) is 9.38. The van der Waals surface area contributed by atoms with Crippen molar-refractivity contribution >= 4 is 5.91 Å². The third kappa shape index (κ3) is 3.04. The number of carbonyl (C=O) groups excluding carboxylic acids is 1. The van der Waals surface area contributed by atoms with Crippen molar-refractivity contribution in [1.29, 1.82) is 0 Å². The fraction of sp³-hybridized carbons (Fsp3) is 0.350. The summed E-state index contributed by atoms with van der Waals surface area (Å²) in [5.74, 6) is 2.45. The first-order chi connectivity index (χ1) is 13.3. The van der Waals surface area contributed by atoms with Crippen LogP contribution in [0.1, 0.15) is 27.8 Å². The van der Waals surface area contributed by atoms with Crippen LogP contribution in [0, 0.1) is 0 Å². The van der Waals surface area contributed by atoms with E-state index < -0.39 is 0 Å². The summed E-state index contributed by atoms with van der Waals surface area (Å²) in [7, 11) is 0. The largest absolute Gasteiger partial charge is 0.441 e. The number of carbonyl (C=O) groups is 1. The predicted octanol–water partition coefficient (Wildman–Crippen LogP) is 1.88. The number of hydrogen-bond acceptors (Lipinski definition) is 5. The van der Waals surface area contributed by atoms with Gasteiger partial charge in [-0.2, -0.15) is 0 Å². The van der Waals surface area contributed by atoms with Crippen LogP contribution in [-0.2, 0) is 25.9 Å². The number of imidazole rings is 1. The Balaban J connectivity index is 1.36. The molecule has 0 spiro atoms. The molecule has 0 radical (unpaired) electrons. The van der Waals surface area contributed by atoms with Crippen LogP contribution in [0.5, 0.6) is 0 Å². The third-order valence-electron chi connectivity index (χ3n) is 5.17. The molecule has 2 aromatic heterocycles. The molecule has 3 aromatic rings. The molecule has 0 aliphatic carbocycles. The Kier molecular flexibility index (Phi) is 4.01. The van der Waals surface area contributed by atoms with Crippen molar-refractivity contribution in [3.8, 4) is 11.5 Å². The van der Waals surface area contributed by atoms with Gasteiger partial charge in [0.15, 0.2) is 0 Å². The van der Waals surface area contributed by atoms with E-state index in [0.717, 1.165) is 48.9 Å². The smallest absolute Gasteiger partial charge is 0.274 e. The summed E-state index contributed by atoms with van der Waals surface area (Å²) in [6.07, 6.45) is 3.41. The average molecular weight is 363 g/mol. The molecule has 0 atom stereocenters. The molecule has 0 bridgehead atoms. The number of aromatic nitrogens is 3. The van der Waals surface area contributed by atoms with E-state index in [-0.39, 0.29) is 5.91 Å². The van der Waals surface area contributed by atoms with Crippen LogP contribution in [0.4, 0.5) is 0 Å². The summed E-state index contributed by atoms with van der Waals surface area (Å²) >= 11 is 0. The lowest BCUT2D eigenvalue weighted by Gasteiger charge is -2.24. The number of hydrogen-bond donors (Lipinski definition) is 1. The van der Waals surface area contributed by atoms with Gasteiger partial charge in [-0.3, -0.25) is 4.79 Å². The first-order valence-corrected chi connectivity index (χ1v) is 9.38. The fourth-order valence-electron chi connectivity index (χ4n) is 3.71. The zero-order chi connectivity index (χ0) is 18.2. The zero-order valence-corrected chi connectivity index (χ0v) is 15.0. The van der Waals surface area contributed by atoms with Crippen LogP contribution < -0.4 is 5.32 Å². The van der Waals surface area contributed by atoms with Crippen molar-refractivity contribution in [3.05, 3.63) is 59.5 Å². The maximum absolute atomic E-state index is 13.0. The van der Waals surface area contributed by atoms with Crippen LogP contribution in [0.15, 0.2) is 40.9 Å². The number of fused-ring (bicyclic) bond motifs is 2. The molecule has 5 rings (SSSR count). The van der Waals surface area contributed by atoms with Crippen molar-refractivity contribution < 1.29 is 9.21 Å². The third-order valence-corrected chi connectivity index (χ3v) is 5.17. The molecule has 0 saturated carbocycles. The van der Waals surface area contributed by atoms with Gasteiger partial charge in [0.05, 0.1) is 6.54 Å². The van der Waals surface area contributed by atoms with Crippen molar-refractivity contribution in [3.63, 3.8) is 0 Å². The van der Waals surface area contributed by atoms with Gasteiger partial charge in [0, 0.05) is 50.8 Å². The van der Waals surface area contributed by atoms with E-state index in [1.165, 1.54) is 0 Å². The van der Waals surface area contributed by atoms with Crippen molar-refractivity contribution in [2.75, 3.05) is 19.6 Å². The number of rotatable bonds is 2. The molecule has 0 fully saturated rings. The van der Waals surface area contributed by atoms with Gasteiger partial charge in [-0.05, 0) is 12.1 Å². The van der Waals surface area contributed by atoms with Crippen LogP contribution in [-0.4, -0.2) is 45.0 Å². The van der Waals surface area contributed by atoms with E-state index >= 15 is 0 Å². The number of nitrogens with one attached hydrogen (secondary N) is 1. The second kappa shape index (κ2) is 6.66. The minimum Gasteiger partial charge on any atom is -0.441 e. The number of benzene rings is 1. The Bertz CT molecular complexity index is 952. The van der Waals surface area contributed by atoms with Crippen LogP contribution in [0.3, 0.4) is 0 Å². The molecule has 1 aromatic carbocycles. The normalized spacial score (nSPS) is 16.5. The van der Waals surface area contributed by atoms with E-state index in [1.54, 1.807) is 0 Å². The summed E-state index contributed by atoms with van der Waals surface area (Å²) in [4.78, 5) is 24.0. The molecule has 0 saturated heterocycles. The molecule has 7 heteroatoms. The van der Waals surface area contributed by atoms with Crippen LogP contribution in [0.2, 0.25) is 0 Å². The quantitative estimate of drug-likeness (QED) is 0.752. The molecular formula is C20H21N5O2. The maximum atomic E-state index is 13.0. The Morgan fingerprint density at radius 2 is 1.96 bits per heavy atom. The minimum atomic E-state index is -0.0292. The summed E-state index contributed by atoms with van der Waals surface area (Å²) in [6, 6.07) is 9.86. The monoisotopic (exact) mass is 363 g/mol. The van der Waals surface area contributed by atoms with Crippen LogP contribution >= 0.6 is 0 Å². The lowest BCUT2D eigenvalue weighted by molar-refractivity contribution is 0.0722. The van der Waals surface area contributed by atoms with Gasteiger partial charge < -0.3 is 19.2 Å². The topological polar surface area (TPSA) is 76.2 Å². The second-order valence-corrected chi connectivity index (χ2v) is 6.97. The standard InChI is InChI=1S/C20H21N5O2/c26-20(16-13-24-11-9-21-8-6-18(24)22-16)25-10-7-17-15(12-25)23-19(27-17)14-4-2-1-3-5-14/h1-5,13,21H,6-12H2. The van der Waals surface area contributed by atoms with Gasteiger partial charge in [-0.15, -0.1) is 0 Å². The lowest BCUT2D eigenvalue weighted by atomic mass is 10.1. The molecule has 138 valence electrons. The van der Waals surface area contributed by atoms with Crippen LogP contribution in [0.25, 0.3) is 11.5 Å². The van der Waals surface area contributed by atoms with Gasteiger partial charge >= 0.3 is 0 Å². The highest BCUT2D eigenvalue weighted by molar-refractivity contribution is 5.92. The Hall–Kier alpha value is -2.93. The van der Waals surface area contributed by atoms with E-state index in [4.69, 9.17) is 4.42 Å². The summed E-state index contributed by atoms with van der Waals surface area (Å²) in [5.41, 5.74) is 2.33. The summed E-state index contributed by atoms with van der Waals surface area (Å²) in [6.45, 7) is 3.75. The van der Waals surface area contributed by atoms with Gasteiger partial charge in [0.25, 0.3) is 5.91 Å². The van der Waals surface area contributed by atoms with Gasteiger partial charge in [-0.25, -0.2) is 9.97 Å². The second-order valence-electron chi connectivity index (χ2n) is 6.97. The molecule has 1 N–H and O–H groups in total. The van der Waals surface area contributed by atoms with Crippen molar-refractivity contribution in [2.24, 2.45) is 0 Å². The maximum Gasteiger partial charge on any atom is 0.274 e. The first kappa shape index (κ1) is 16.3. The minimum absolute atomic E-state index is 0.0292. The summed E-state index contributed by atoms with van der Waals surface area (Å²) in [5, 5.41) is 3.34. The van der Waals surface area contributed by atoms with E-state index in [0.29, 0.717) is 31.1 Å². The predicted molar refractivity (Wildman–Crippen MR) is 99.2 cm³/mol. The Morgan fingerprint density at radius 3 is 2.85 bits per heavy atom. The molecule has 2 aliphatic heterocycles. The molecular weight excluding hydrogens is 342 g/mol. The van der Waals surface area contributed by atoms with Gasteiger partial charge in [-0.1, -0.05) is 18.2 Å². The number of nitrogens with zero attached hydrogens (tertiary/aromatic N) is 4. The fourth-order valence-corrected chi connectivity index (χ4v) is 3.71. The van der Waals surface area contributed by atoms with Crippen molar-refractivity contribution in [2.45, 2.75) is 25.9 Å². The van der Waals surface area contributed by atoms with E-state index in [1.807, 2.05) is 41.4 Å². The van der Waals surface area contributed by atoms with E-state index in [9.17, 15) is 4.79 Å². The molecule has 4 heterocycles. The Labute approximate surface area is 157 Å². The molecule has 2 aliphatic rings. The highest BCUT2D eigenvalue weighted by atomic mass is 16.4. The highest BCUT2D eigenvalue weighted by Crippen LogP contribution is 2.26. The van der Waals surface area contributed by atoms with Gasteiger partial charge in [0.1, 0.15) is 23.0 Å². The Morgan fingerprint density at radius 1 is 1.07 bits per heavy atom. The van der Waals surface area contributed by atoms with E-state index in [2.05, 4.69) is 19.9 Å².